The van der Waals surface area contributed by atoms with Crippen LogP contribution in [0.1, 0.15) is 5.56 Å². The number of anilines is 1. The second-order valence-corrected chi connectivity index (χ2v) is 6.36. The normalized spacial score (nSPS) is 14.7. The molecule has 8 nitrogen and oxygen atoms in total. The Labute approximate surface area is 158 Å². The molecule has 8 heteroatoms. The number of nitrogens with zero attached hydrogens (tertiary/aromatic N) is 3. The van der Waals surface area contributed by atoms with Gasteiger partial charge in [0.05, 0.1) is 26.2 Å². The molecular weight excluding hydrogens is 348 g/mol. The van der Waals surface area contributed by atoms with Crippen molar-refractivity contribution in [2.75, 3.05) is 51.3 Å². The number of rotatable bonds is 8. The van der Waals surface area contributed by atoms with Crippen LogP contribution in [-0.2, 0) is 20.7 Å². The highest BCUT2D eigenvalue weighted by atomic mass is 16.5. The second-order valence-electron chi connectivity index (χ2n) is 6.36. The maximum Gasteiger partial charge on any atom is 0.245 e. The molecule has 3 rings (SSSR count). The molecule has 0 bridgehead atoms. The molecule has 144 valence electrons. The average molecular weight is 372 g/mol. The van der Waals surface area contributed by atoms with E-state index in [0.29, 0.717) is 32.1 Å². The van der Waals surface area contributed by atoms with Crippen LogP contribution in [0.15, 0.2) is 47.2 Å². The number of carbonyl (C=O) groups is 2. The van der Waals surface area contributed by atoms with Gasteiger partial charge in [0, 0.05) is 32.2 Å². The van der Waals surface area contributed by atoms with Gasteiger partial charge in [-0.05, 0) is 5.56 Å². The molecule has 1 aliphatic heterocycles. The molecule has 27 heavy (non-hydrogen) atoms. The summed E-state index contributed by atoms with van der Waals surface area (Å²) in [6.07, 6.45) is 1.65. The molecule has 1 aromatic heterocycles. The lowest BCUT2D eigenvalue weighted by Crippen LogP contribution is -2.45. The molecule has 1 N–H and O–H groups in total. The van der Waals surface area contributed by atoms with Gasteiger partial charge in [-0.3, -0.25) is 14.5 Å². The molecule has 0 radical (unpaired) electrons. The zero-order valence-electron chi connectivity index (χ0n) is 15.2. The largest absolute Gasteiger partial charge is 0.379 e. The minimum absolute atomic E-state index is 0.0249. The summed E-state index contributed by atoms with van der Waals surface area (Å²) in [5, 5.41) is 6.30. The topological polar surface area (TPSA) is 87.9 Å². The maximum absolute atomic E-state index is 12.8. The van der Waals surface area contributed by atoms with Crippen LogP contribution in [-0.4, -0.2) is 72.7 Å². The first-order chi connectivity index (χ1) is 13.2. The molecule has 0 aliphatic carbocycles. The fourth-order valence-corrected chi connectivity index (χ4v) is 2.89. The number of carbonyl (C=O) groups excluding carboxylic acids is 2. The van der Waals surface area contributed by atoms with E-state index >= 15 is 0 Å². The van der Waals surface area contributed by atoms with Crippen LogP contribution in [0.3, 0.4) is 0 Å². The highest BCUT2D eigenvalue weighted by molar-refractivity contribution is 5.94. The van der Waals surface area contributed by atoms with E-state index in [1.54, 1.807) is 11.0 Å². The van der Waals surface area contributed by atoms with Crippen molar-refractivity contribution in [1.82, 2.24) is 15.0 Å². The minimum Gasteiger partial charge on any atom is -0.379 e. The molecule has 0 unspecified atom stereocenters. The Balaban J connectivity index is 1.59. The van der Waals surface area contributed by atoms with Gasteiger partial charge in [0.15, 0.2) is 5.82 Å². The molecule has 2 heterocycles. The van der Waals surface area contributed by atoms with Crippen molar-refractivity contribution in [2.24, 2.45) is 0 Å². The number of aromatic nitrogens is 1. The Morgan fingerprint density at radius 2 is 1.93 bits per heavy atom. The number of nitrogens with one attached hydrogen (secondary N) is 1. The molecule has 0 spiro atoms. The van der Waals surface area contributed by atoms with Gasteiger partial charge in [0.1, 0.15) is 6.26 Å². The van der Waals surface area contributed by atoms with Gasteiger partial charge in [0.25, 0.3) is 0 Å². The number of hydrogen-bond acceptors (Lipinski definition) is 6. The van der Waals surface area contributed by atoms with Crippen molar-refractivity contribution >= 4 is 17.6 Å². The fourth-order valence-electron chi connectivity index (χ4n) is 2.89. The van der Waals surface area contributed by atoms with Gasteiger partial charge in [-0.15, -0.1) is 0 Å². The Morgan fingerprint density at radius 3 is 2.63 bits per heavy atom. The number of hydrogen-bond donors (Lipinski definition) is 1. The molecule has 1 aliphatic rings. The Morgan fingerprint density at radius 1 is 1.15 bits per heavy atom. The predicted molar refractivity (Wildman–Crippen MR) is 99.1 cm³/mol. The van der Waals surface area contributed by atoms with Crippen molar-refractivity contribution in [3.63, 3.8) is 0 Å². The molecule has 1 aromatic carbocycles. The van der Waals surface area contributed by atoms with Crippen LogP contribution in [0.4, 0.5) is 5.82 Å². The summed E-state index contributed by atoms with van der Waals surface area (Å²) in [6, 6.07) is 11.1. The average Bonchev–Trinajstić information content (AvgIpc) is 3.19. The summed E-state index contributed by atoms with van der Waals surface area (Å²) in [5.41, 5.74) is 0.927. The van der Waals surface area contributed by atoms with Crippen LogP contribution >= 0.6 is 0 Å². The smallest absolute Gasteiger partial charge is 0.245 e. The summed E-state index contributed by atoms with van der Waals surface area (Å²) in [6.45, 7) is 4.24. The zero-order chi connectivity index (χ0) is 18.9. The fraction of sp³-hybridized carbons (Fsp3) is 0.421. The van der Waals surface area contributed by atoms with E-state index in [1.807, 2.05) is 30.3 Å². The van der Waals surface area contributed by atoms with Crippen LogP contribution in [0.25, 0.3) is 0 Å². The van der Waals surface area contributed by atoms with Crippen molar-refractivity contribution in [2.45, 2.75) is 6.42 Å². The summed E-state index contributed by atoms with van der Waals surface area (Å²) in [4.78, 5) is 28.9. The summed E-state index contributed by atoms with van der Waals surface area (Å²) in [7, 11) is 0. The van der Waals surface area contributed by atoms with Crippen LogP contribution < -0.4 is 5.32 Å². The van der Waals surface area contributed by atoms with Crippen LogP contribution in [0.2, 0.25) is 0 Å². The highest BCUT2D eigenvalue weighted by Crippen LogP contribution is 2.06. The summed E-state index contributed by atoms with van der Waals surface area (Å²) < 4.78 is 10.1. The minimum atomic E-state index is -0.299. The van der Waals surface area contributed by atoms with Gasteiger partial charge >= 0.3 is 0 Å². The molecular formula is C19H24N4O4. The lowest BCUT2D eigenvalue weighted by atomic mass is 10.1. The van der Waals surface area contributed by atoms with E-state index in [9.17, 15) is 9.59 Å². The second kappa shape index (κ2) is 9.84. The zero-order valence-corrected chi connectivity index (χ0v) is 15.2. The van der Waals surface area contributed by atoms with E-state index in [1.165, 1.54) is 6.26 Å². The standard InChI is InChI=1S/C19H24N4O4/c24-18(20-17-6-11-27-21-17)15-23(8-7-22-9-12-26-13-10-22)19(25)14-16-4-2-1-3-5-16/h1-6,11H,7-10,12-15H2,(H,20,21,24). The SMILES string of the molecule is O=C(CN(CCN1CCOCC1)C(=O)Cc1ccccc1)Nc1ccon1. The lowest BCUT2D eigenvalue weighted by Gasteiger charge is -2.30. The quantitative estimate of drug-likeness (QED) is 0.744. The van der Waals surface area contributed by atoms with Crippen molar-refractivity contribution in [3.8, 4) is 0 Å². The monoisotopic (exact) mass is 372 g/mol. The number of ether oxygens (including phenoxy) is 1. The Bertz CT molecular complexity index is 715. The lowest BCUT2D eigenvalue weighted by molar-refractivity contribution is -0.134. The molecule has 0 saturated carbocycles. The molecule has 0 atom stereocenters. The van der Waals surface area contributed by atoms with E-state index in [2.05, 4.69) is 15.4 Å². The molecule has 2 aromatic rings. The first kappa shape index (κ1) is 19.1. The third kappa shape index (κ3) is 6.19. The maximum atomic E-state index is 12.8. The summed E-state index contributed by atoms with van der Waals surface area (Å²) >= 11 is 0. The third-order valence-corrected chi connectivity index (χ3v) is 4.38. The van der Waals surface area contributed by atoms with Crippen molar-refractivity contribution < 1.29 is 18.8 Å². The summed E-state index contributed by atoms with van der Waals surface area (Å²) in [5.74, 6) is -0.0410. The van der Waals surface area contributed by atoms with Crippen LogP contribution in [0.5, 0.6) is 0 Å². The molecule has 1 fully saturated rings. The van der Waals surface area contributed by atoms with Gasteiger partial charge in [-0.2, -0.15) is 0 Å². The van der Waals surface area contributed by atoms with Gasteiger partial charge in [-0.1, -0.05) is 35.5 Å². The van der Waals surface area contributed by atoms with E-state index in [-0.39, 0.29) is 24.8 Å². The Hall–Kier alpha value is -2.71. The van der Waals surface area contributed by atoms with Crippen molar-refractivity contribution in [1.29, 1.82) is 0 Å². The first-order valence-electron chi connectivity index (χ1n) is 9.03. The van der Waals surface area contributed by atoms with E-state index in [0.717, 1.165) is 18.7 Å². The van der Waals surface area contributed by atoms with Gasteiger partial charge in [-0.25, -0.2) is 0 Å². The molecule has 1 saturated heterocycles. The van der Waals surface area contributed by atoms with E-state index < -0.39 is 0 Å². The van der Waals surface area contributed by atoms with Crippen LogP contribution in [0, 0.1) is 0 Å². The first-order valence-corrected chi connectivity index (χ1v) is 9.03. The molecule has 2 amide bonds. The number of amides is 2. The van der Waals surface area contributed by atoms with Gasteiger partial charge < -0.3 is 19.5 Å². The third-order valence-electron chi connectivity index (χ3n) is 4.38. The number of morpholine rings is 1. The predicted octanol–water partition coefficient (Wildman–Crippen LogP) is 1.02. The highest BCUT2D eigenvalue weighted by Gasteiger charge is 2.20. The Kier molecular flexibility index (Phi) is 6.95. The van der Waals surface area contributed by atoms with Gasteiger partial charge in [0.2, 0.25) is 11.8 Å². The van der Waals surface area contributed by atoms with E-state index in [4.69, 9.17) is 9.26 Å². The number of benzene rings is 1. The van der Waals surface area contributed by atoms with Crippen molar-refractivity contribution in [3.05, 3.63) is 48.2 Å².